The number of piperidine rings is 1. The molecule has 3 atom stereocenters. The number of aromatic amines is 1. The van der Waals surface area contributed by atoms with Gasteiger partial charge in [0.15, 0.2) is 0 Å². The normalized spacial score (nSPS) is 33.2. The molecular formula is C12H13Cl2N3O. The molecule has 2 heterocycles. The van der Waals surface area contributed by atoms with Crippen molar-refractivity contribution in [3.63, 3.8) is 0 Å². The lowest BCUT2D eigenvalue weighted by atomic mass is 9.99. The van der Waals surface area contributed by atoms with Crippen LogP contribution in [0.5, 0.6) is 0 Å². The second-order valence-electron chi connectivity index (χ2n) is 4.98. The van der Waals surface area contributed by atoms with E-state index in [1.54, 1.807) is 6.20 Å². The van der Waals surface area contributed by atoms with Crippen LogP contribution in [-0.2, 0) is 5.60 Å². The fraction of sp³-hybridized carbons (Fsp3) is 0.417. The van der Waals surface area contributed by atoms with Crippen LogP contribution in [0.25, 0.3) is 10.9 Å². The molecule has 0 radical (unpaired) electrons. The van der Waals surface area contributed by atoms with E-state index >= 15 is 0 Å². The molecule has 1 aromatic carbocycles. The van der Waals surface area contributed by atoms with Gasteiger partial charge in [0.2, 0.25) is 0 Å². The quantitative estimate of drug-likeness (QED) is 0.747. The van der Waals surface area contributed by atoms with E-state index in [1.807, 2.05) is 12.1 Å². The molecule has 96 valence electrons. The highest BCUT2D eigenvalue weighted by molar-refractivity contribution is 6.31. The average Bonchev–Trinajstić information content (AvgIpc) is 2.79. The van der Waals surface area contributed by atoms with E-state index in [9.17, 15) is 5.11 Å². The topological polar surface area (TPSA) is 60.9 Å². The first-order valence-corrected chi connectivity index (χ1v) is 6.15. The monoisotopic (exact) mass is 285 g/mol. The first kappa shape index (κ1) is 12.2. The predicted octanol–water partition coefficient (Wildman–Crippen LogP) is 1.67. The zero-order chi connectivity index (χ0) is 11.6. The molecule has 3 N–H and O–H groups in total. The number of halogens is 2. The smallest absolute Gasteiger partial charge is 0.0993 e. The Morgan fingerprint density at radius 3 is 2.78 bits per heavy atom. The van der Waals surface area contributed by atoms with Gasteiger partial charge < -0.3 is 10.4 Å². The number of hydrogen-bond donors (Lipinski definition) is 3. The molecule has 6 heteroatoms. The number of hydrogen-bond acceptors (Lipinski definition) is 3. The molecule has 1 aliphatic carbocycles. The summed E-state index contributed by atoms with van der Waals surface area (Å²) < 4.78 is 0. The minimum Gasteiger partial charge on any atom is -0.384 e. The molecule has 4 rings (SSSR count). The summed E-state index contributed by atoms with van der Waals surface area (Å²) in [6, 6.07) is 3.71. The Bertz CT molecular complexity index is 602. The Morgan fingerprint density at radius 1 is 1.33 bits per heavy atom. The van der Waals surface area contributed by atoms with E-state index in [0.717, 1.165) is 29.6 Å². The summed E-state index contributed by atoms with van der Waals surface area (Å²) in [4.78, 5) is 0. The number of nitrogens with one attached hydrogen (secondary N) is 2. The van der Waals surface area contributed by atoms with Crippen LogP contribution in [0.2, 0.25) is 5.02 Å². The molecule has 1 saturated heterocycles. The van der Waals surface area contributed by atoms with Crippen molar-refractivity contribution in [2.75, 3.05) is 13.1 Å². The van der Waals surface area contributed by atoms with Gasteiger partial charge in [-0.3, -0.25) is 5.10 Å². The number of fused-ring (bicyclic) bond motifs is 2. The Labute approximate surface area is 115 Å². The third kappa shape index (κ3) is 1.37. The Morgan fingerprint density at radius 2 is 2.06 bits per heavy atom. The molecule has 2 aromatic rings. The minimum atomic E-state index is -0.710. The van der Waals surface area contributed by atoms with Crippen molar-refractivity contribution >= 4 is 34.9 Å². The van der Waals surface area contributed by atoms with Gasteiger partial charge in [-0.05, 0) is 17.7 Å². The summed E-state index contributed by atoms with van der Waals surface area (Å²) in [5.74, 6) is 0.637. The molecule has 0 unspecified atom stereocenters. The van der Waals surface area contributed by atoms with Crippen molar-refractivity contribution in [3.8, 4) is 0 Å². The third-order valence-electron chi connectivity index (χ3n) is 4.19. The summed E-state index contributed by atoms with van der Waals surface area (Å²) in [6.07, 6.45) is 1.76. The fourth-order valence-corrected chi connectivity index (χ4v) is 3.48. The van der Waals surface area contributed by atoms with Gasteiger partial charge >= 0.3 is 0 Å². The van der Waals surface area contributed by atoms with Crippen molar-refractivity contribution in [2.45, 2.75) is 5.60 Å². The Hall–Kier alpha value is -0.810. The molecular weight excluding hydrogens is 273 g/mol. The van der Waals surface area contributed by atoms with Gasteiger partial charge in [-0.25, -0.2) is 0 Å². The van der Waals surface area contributed by atoms with E-state index in [4.69, 9.17) is 11.6 Å². The van der Waals surface area contributed by atoms with Gasteiger partial charge in [-0.2, -0.15) is 5.10 Å². The number of benzene rings is 1. The van der Waals surface area contributed by atoms with Crippen LogP contribution < -0.4 is 5.32 Å². The third-order valence-corrected chi connectivity index (χ3v) is 4.41. The molecule has 1 aromatic heterocycles. The number of aliphatic hydroxyl groups is 1. The first-order chi connectivity index (χ1) is 8.21. The highest BCUT2D eigenvalue weighted by Gasteiger charge is 2.67. The number of rotatable bonds is 1. The Kier molecular flexibility index (Phi) is 2.61. The zero-order valence-corrected chi connectivity index (χ0v) is 11.1. The van der Waals surface area contributed by atoms with E-state index in [2.05, 4.69) is 15.5 Å². The maximum Gasteiger partial charge on any atom is 0.0993 e. The van der Waals surface area contributed by atoms with Crippen LogP contribution in [0.3, 0.4) is 0 Å². The average molecular weight is 286 g/mol. The van der Waals surface area contributed by atoms with Crippen molar-refractivity contribution < 1.29 is 5.11 Å². The number of nitrogens with zero attached hydrogens (tertiary/aromatic N) is 1. The van der Waals surface area contributed by atoms with Crippen LogP contribution in [0.4, 0.5) is 0 Å². The minimum absolute atomic E-state index is 0. The lowest BCUT2D eigenvalue weighted by molar-refractivity contribution is 0.110. The molecule has 0 amide bonds. The molecule has 2 aliphatic rings. The van der Waals surface area contributed by atoms with Crippen LogP contribution in [0.1, 0.15) is 5.56 Å². The maximum atomic E-state index is 10.8. The van der Waals surface area contributed by atoms with Gasteiger partial charge in [0.05, 0.1) is 17.3 Å². The second kappa shape index (κ2) is 3.84. The molecule has 18 heavy (non-hydrogen) atoms. The van der Waals surface area contributed by atoms with Gasteiger partial charge in [-0.1, -0.05) is 11.6 Å². The second-order valence-corrected chi connectivity index (χ2v) is 5.42. The molecule has 2 fully saturated rings. The van der Waals surface area contributed by atoms with E-state index < -0.39 is 5.60 Å². The van der Waals surface area contributed by atoms with Crippen molar-refractivity contribution in [1.82, 2.24) is 15.5 Å². The summed E-state index contributed by atoms with van der Waals surface area (Å²) in [6.45, 7) is 1.76. The van der Waals surface area contributed by atoms with Crippen LogP contribution in [0, 0.1) is 11.8 Å². The van der Waals surface area contributed by atoms with Gasteiger partial charge in [0.25, 0.3) is 0 Å². The summed E-state index contributed by atoms with van der Waals surface area (Å²) in [5.41, 5.74) is 1.10. The highest BCUT2D eigenvalue weighted by atomic mass is 35.5. The maximum absolute atomic E-state index is 10.8. The lowest BCUT2D eigenvalue weighted by Gasteiger charge is -2.16. The van der Waals surface area contributed by atoms with Crippen molar-refractivity contribution in [1.29, 1.82) is 0 Å². The zero-order valence-electron chi connectivity index (χ0n) is 9.48. The fourth-order valence-electron chi connectivity index (χ4n) is 3.26. The van der Waals surface area contributed by atoms with E-state index in [1.165, 1.54) is 0 Å². The highest BCUT2D eigenvalue weighted by Crippen LogP contribution is 2.60. The van der Waals surface area contributed by atoms with Crippen LogP contribution >= 0.6 is 24.0 Å². The van der Waals surface area contributed by atoms with E-state index in [0.29, 0.717) is 16.9 Å². The number of aromatic nitrogens is 2. The van der Waals surface area contributed by atoms with Gasteiger partial charge in [0, 0.05) is 35.3 Å². The molecule has 0 spiro atoms. The van der Waals surface area contributed by atoms with Crippen molar-refractivity contribution in [2.24, 2.45) is 11.8 Å². The SMILES string of the molecule is Cl.O[C@]1(c2cc(Cl)cc3[nH]ncc23)[C@@H]2CNC[C@@H]21. The first-order valence-electron chi connectivity index (χ1n) is 5.77. The summed E-state index contributed by atoms with van der Waals surface area (Å²) >= 11 is 6.10. The molecule has 1 aliphatic heterocycles. The molecule has 0 bridgehead atoms. The van der Waals surface area contributed by atoms with Crippen LogP contribution in [0.15, 0.2) is 18.3 Å². The predicted molar refractivity (Wildman–Crippen MR) is 72.1 cm³/mol. The Balaban J connectivity index is 0.000001000. The van der Waals surface area contributed by atoms with Crippen molar-refractivity contribution in [3.05, 3.63) is 28.9 Å². The standard InChI is InChI=1S/C12H12ClN3O.ClH/c13-6-1-8(7-3-15-16-11(7)2-6)12(17)9-4-14-5-10(9)12;/h1-3,9-10,14,17H,4-5H2,(H,15,16);1H/t9-,10+,12-;. The van der Waals surface area contributed by atoms with Gasteiger partial charge in [0.1, 0.15) is 0 Å². The summed E-state index contributed by atoms with van der Waals surface area (Å²) in [7, 11) is 0. The molecule has 1 saturated carbocycles. The van der Waals surface area contributed by atoms with Crippen LogP contribution in [-0.4, -0.2) is 28.4 Å². The lowest BCUT2D eigenvalue weighted by Crippen LogP contribution is -2.25. The molecule has 4 nitrogen and oxygen atoms in total. The largest absolute Gasteiger partial charge is 0.384 e. The van der Waals surface area contributed by atoms with Gasteiger partial charge in [-0.15, -0.1) is 12.4 Å². The van der Waals surface area contributed by atoms with E-state index in [-0.39, 0.29) is 12.4 Å². The summed E-state index contributed by atoms with van der Waals surface area (Å²) in [5, 5.41) is 22.6. The number of H-pyrrole nitrogens is 1.